The third-order valence-corrected chi connectivity index (χ3v) is 5.26. The number of methoxy groups -OCH3 is 1. The molecule has 1 aliphatic rings. The van der Waals surface area contributed by atoms with Crippen LogP contribution in [0.5, 0.6) is 11.5 Å². The third kappa shape index (κ3) is 6.38. The number of likely N-dealkylation sites (tertiary alicyclic amines) is 1. The maximum atomic E-state index is 13.4. The van der Waals surface area contributed by atoms with Crippen LogP contribution >= 0.6 is 0 Å². The van der Waals surface area contributed by atoms with E-state index in [-0.39, 0.29) is 36.4 Å². The van der Waals surface area contributed by atoms with Crippen molar-refractivity contribution in [3.63, 3.8) is 0 Å². The monoisotopic (exact) mass is 456 g/mol. The first-order chi connectivity index (χ1) is 15.7. The number of hydrogen-bond donors (Lipinski definition) is 2. The van der Waals surface area contributed by atoms with E-state index in [9.17, 15) is 14.7 Å². The summed E-state index contributed by atoms with van der Waals surface area (Å²) >= 11 is 0. The topological polar surface area (TPSA) is 97.3 Å². The molecule has 1 aliphatic heterocycles. The standard InChI is InChI=1S/C25H32N2O6/c1-25(2,3)33-24(30)26-20-14-22(32-16-17-9-6-5-7-10-17)21(31-4)13-19(20)23(29)27-12-8-11-18(27)15-28/h5-7,9-10,13-14,18,28H,8,11-12,15-16H2,1-4H3,(H,26,30)/t18-/m0/s1. The van der Waals surface area contributed by atoms with Crippen molar-refractivity contribution in [3.8, 4) is 11.5 Å². The van der Waals surface area contributed by atoms with Crippen LogP contribution in [0.4, 0.5) is 10.5 Å². The molecule has 1 heterocycles. The zero-order valence-electron chi connectivity index (χ0n) is 19.6. The summed E-state index contributed by atoms with van der Waals surface area (Å²) in [6.07, 6.45) is 0.851. The van der Waals surface area contributed by atoms with Gasteiger partial charge in [-0.2, -0.15) is 0 Å². The number of carbonyl (C=O) groups excluding carboxylic acids is 2. The highest BCUT2D eigenvalue weighted by atomic mass is 16.6. The van der Waals surface area contributed by atoms with Crippen LogP contribution in [0, 0.1) is 0 Å². The Bertz CT molecular complexity index is 971. The SMILES string of the molecule is COc1cc(C(=O)N2CCC[C@H]2CO)c(NC(=O)OC(C)(C)C)cc1OCc1ccccc1. The van der Waals surface area contributed by atoms with E-state index in [4.69, 9.17) is 14.2 Å². The molecule has 2 amide bonds. The van der Waals surface area contributed by atoms with Gasteiger partial charge in [0.05, 0.1) is 31.0 Å². The van der Waals surface area contributed by atoms with Gasteiger partial charge in [0.15, 0.2) is 11.5 Å². The van der Waals surface area contributed by atoms with Gasteiger partial charge >= 0.3 is 6.09 Å². The predicted octanol–water partition coefficient (Wildman–Crippen LogP) is 4.22. The van der Waals surface area contributed by atoms with Crippen molar-refractivity contribution in [1.82, 2.24) is 4.90 Å². The molecule has 8 nitrogen and oxygen atoms in total. The van der Waals surface area contributed by atoms with Crippen LogP contribution in [0.15, 0.2) is 42.5 Å². The second kappa shape index (κ2) is 10.6. The first-order valence-corrected chi connectivity index (χ1v) is 11.0. The van der Waals surface area contributed by atoms with Crippen molar-refractivity contribution in [2.45, 2.75) is 51.9 Å². The van der Waals surface area contributed by atoms with E-state index in [1.165, 1.54) is 7.11 Å². The molecular weight excluding hydrogens is 424 g/mol. The highest BCUT2D eigenvalue weighted by molar-refractivity contribution is 6.03. The van der Waals surface area contributed by atoms with Gasteiger partial charge in [0.1, 0.15) is 12.2 Å². The quantitative estimate of drug-likeness (QED) is 0.648. The summed E-state index contributed by atoms with van der Waals surface area (Å²) in [4.78, 5) is 27.5. The number of benzene rings is 2. The van der Waals surface area contributed by atoms with Crippen molar-refractivity contribution in [3.05, 3.63) is 53.6 Å². The Morgan fingerprint density at radius 1 is 1.15 bits per heavy atom. The van der Waals surface area contributed by atoms with Gasteiger partial charge in [-0.25, -0.2) is 4.79 Å². The van der Waals surface area contributed by atoms with Gasteiger partial charge in [-0.15, -0.1) is 0 Å². The number of carbonyl (C=O) groups is 2. The molecular formula is C25H32N2O6. The second-order valence-electron chi connectivity index (χ2n) is 8.93. The van der Waals surface area contributed by atoms with Crippen LogP contribution < -0.4 is 14.8 Å². The Labute approximate surface area is 194 Å². The third-order valence-electron chi connectivity index (χ3n) is 5.26. The van der Waals surface area contributed by atoms with Crippen LogP contribution in [-0.4, -0.2) is 53.9 Å². The van der Waals surface area contributed by atoms with Crippen LogP contribution in [-0.2, 0) is 11.3 Å². The molecule has 0 aromatic heterocycles. The average molecular weight is 457 g/mol. The molecule has 8 heteroatoms. The summed E-state index contributed by atoms with van der Waals surface area (Å²) in [6, 6.07) is 12.5. The number of ether oxygens (including phenoxy) is 3. The molecule has 0 bridgehead atoms. The van der Waals surface area contributed by atoms with Crippen LogP contribution in [0.25, 0.3) is 0 Å². The molecule has 1 fully saturated rings. The van der Waals surface area contributed by atoms with Gasteiger partial charge < -0.3 is 24.2 Å². The lowest BCUT2D eigenvalue weighted by atomic mass is 10.1. The molecule has 0 radical (unpaired) electrons. The highest BCUT2D eigenvalue weighted by Crippen LogP contribution is 2.36. The number of aliphatic hydroxyl groups excluding tert-OH is 1. The van der Waals surface area contributed by atoms with Crippen molar-refractivity contribution in [2.75, 3.05) is 25.6 Å². The fraction of sp³-hybridized carbons (Fsp3) is 0.440. The fourth-order valence-corrected chi connectivity index (χ4v) is 3.71. The zero-order valence-corrected chi connectivity index (χ0v) is 19.6. The van der Waals surface area contributed by atoms with Gasteiger partial charge in [-0.3, -0.25) is 10.1 Å². The summed E-state index contributed by atoms with van der Waals surface area (Å²) < 4.78 is 16.8. The van der Waals surface area contributed by atoms with E-state index in [1.807, 2.05) is 30.3 Å². The van der Waals surface area contributed by atoms with Crippen LogP contribution in [0.1, 0.15) is 49.5 Å². The van der Waals surface area contributed by atoms with Crippen molar-refractivity contribution >= 4 is 17.7 Å². The van der Waals surface area contributed by atoms with Crippen molar-refractivity contribution in [2.24, 2.45) is 0 Å². The number of hydrogen-bond acceptors (Lipinski definition) is 6. The number of rotatable bonds is 7. The van der Waals surface area contributed by atoms with Crippen LogP contribution in [0.3, 0.4) is 0 Å². The van der Waals surface area contributed by atoms with Crippen LogP contribution in [0.2, 0.25) is 0 Å². The molecule has 0 spiro atoms. The minimum absolute atomic E-state index is 0.115. The molecule has 0 aliphatic carbocycles. The van der Waals surface area contributed by atoms with Gasteiger partial charge in [0, 0.05) is 12.6 Å². The van der Waals surface area contributed by atoms with E-state index in [0.717, 1.165) is 18.4 Å². The van der Waals surface area contributed by atoms with Gasteiger partial charge in [0.25, 0.3) is 5.91 Å². The minimum atomic E-state index is -0.704. The van der Waals surface area contributed by atoms with Gasteiger partial charge in [-0.05, 0) is 45.2 Å². The zero-order chi connectivity index (χ0) is 24.0. The molecule has 2 N–H and O–H groups in total. The number of anilines is 1. The summed E-state index contributed by atoms with van der Waals surface area (Å²) in [6.45, 7) is 5.99. The largest absolute Gasteiger partial charge is 0.493 e. The molecule has 1 atom stereocenters. The smallest absolute Gasteiger partial charge is 0.412 e. The Morgan fingerprint density at radius 3 is 2.52 bits per heavy atom. The summed E-state index contributed by atoms with van der Waals surface area (Å²) in [5.74, 6) is 0.443. The highest BCUT2D eigenvalue weighted by Gasteiger charge is 2.31. The number of amides is 2. The number of aliphatic hydroxyl groups is 1. The first kappa shape index (κ1) is 24.4. The lowest BCUT2D eigenvalue weighted by molar-refractivity contribution is 0.0635. The molecule has 0 unspecified atom stereocenters. The van der Waals surface area contributed by atoms with Gasteiger partial charge in [-0.1, -0.05) is 30.3 Å². The number of nitrogens with one attached hydrogen (secondary N) is 1. The maximum absolute atomic E-state index is 13.4. The van der Waals surface area contributed by atoms with E-state index in [2.05, 4.69) is 5.32 Å². The molecule has 1 saturated heterocycles. The summed E-state index contributed by atoms with van der Waals surface area (Å²) in [5, 5.41) is 12.4. The fourth-order valence-electron chi connectivity index (χ4n) is 3.71. The minimum Gasteiger partial charge on any atom is -0.493 e. The lowest BCUT2D eigenvalue weighted by Crippen LogP contribution is -2.38. The predicted molar refractivity (Wildman–Crippen MR) is 125 cm³/mol. The summed E-state index contributed by atoms with van der Waals surface area (Å²) in [5.41, 5.74) is 0.751. The molecule has 33 heavy (non-hydrogen) atoms. The van der Waals surface area contributed by atoms with E-state index in [0.29, 0.717) is 18.0 Å². The lowest BCUT2D eigenvalue weighted by Gasteiger charge is -2.25. The molecule has 0 saturated carbocycles. The Morgan fingerprint density at radius 2 is 1.88 bits per heavy atom. The summed E-state index contributed by atoms with van der Waals surface area (Å²) in [7, 11) is 1.49. The molecule has 3 rings (SSSR count). The molecule has 2 aromatic carbocycles. The number of nitrogens with zero attached hydrogens (tertiary/aromatic N) is 1. The second-order valence-corrected chi connectivity index (χ2v) is 8.93. The normalized spacial score (nSPS) is 15.8. The van der Waals surface area contributed by atoms with E-state index < -0.39 is 11.7 Å². The van der Waals surface area contributed by atoms with Crippen molar-refractivity contribution in [1.29, 1.82) is 0 Å². The maximum Gasteiger partial charge on any atom is 0.412 e. The van der Waals surface area contributed by atoms with Gasteiger partial charge in [0.2, 0.25) is 0 Å². The van der Waals surface area contributed by atoms with E-state index in [1.54, 1.807) is 37.8 Å². The van der Waals surface area contributed by atoms with Crippen molar-refractivity contribution < 1.29 is 28.9 Å². The Kier molecular flexibility index (Phi) is 7.81. The molecule has 178 valence electrons. The van der Waals surface area contributed by atoms with E-state index >= 15 is 0 Å². The Hall–Kier alpha value is -3.26. The Balaban J connectivity index is 1.95. The molecule has 2 aromatic rings. The first-order valence-electron chi connectivity index (χ1n) is 11.0. The average Bonchev–Trinajstić information content (AvgIpc) is 3.25.